The van der Waals surface area contributed by atoms with E-state index in [1.807, 2.05) is 37.3 Å². The molecule has 0 aliphatic heterocycles. The number of nitrogens with zero attached hydrogens (tertiary/aromatic N) is 2. The minimum absolute atomic E-state index is 0.190. The summed E-state index contributed by atoms with van der Waals surface area (Å²) in [6.45, 7) is 1.87. The van der Waals surface area contributed by atoms with E-state index in [9.17, 15) is 4.79 Å². The molecule has 27 heavy (non-hydrogen) atoms. The van der Waals surface area contributed by atoms with Crippen LogP contribution in [0.25, 0.3) is 5.69 Å². The number of methoxy groups -OCH3 is 3. The van der Waals surface area contributed by atoms with Crippen molar-refractivity contribution in [2.45, 2.75) is 6.92 Å². The average Bonchev–Trinajstić information content (AvgIpc) is 3.14. The molecule has 0 saturated carbocycles. The maximum Gasteiger partial charge on any atom is 0.280 e. The Bertz CT molecular complexity index is 951. The fourth-order valence-electron chi connectivity index (χ4n) is 2.67. The first kappa shape index (κ1) is 18.3. The van der Waals surface area contributed by atoms with Crippen LogP contribution in [-0.2, 0) is 0 Å². The molecule has 0 radical (unpaired) electrons. The number of carbonyl (C=O) groups is 1. The number of aromatic nitrogens is 2. The molecule has 0 bridgehead atoms. The highest BCUT2D eigenvalue weighted by Crippen LogP contribution is 2.33. The first-order chi connectivity index (χ1) is 13.1. The van der Waals surface area contributed by atoms with E-state index in [0.717, 1.165) is 11.3 Å². The Morgan fingerprint density at radius 2 is 1.59 bits per heavy atom. The molecule has 0 aliphatic carbocycles. The zero-order valence-corrected chi connectivity index (χ0v) is 15.6. The zero-order chi connectivity index (χ0) is 19.4. The molecule has 0 unspecified atom stereocenters. The van der Waals surface area contributed by atoms with Crippen LogP contribution < -0.4 is 19.5 Å². The zero-order valence-electron chi connectivity index (χ0n) is 15.6. The molecule has 1 heterocycles. The predicted octanol–water partition coefficient (Wildman–Crippen LogP) is 3.46. The molecule has 140 valence electrons. The minimum Gasteiger partial charge on any atom is -0.493 e. The molecule has 0 spiro atoms. The van der Waals surface area contributed by atoms with Gasteiger partial charge in [-0.3, -0.25) is 4.79 Å². The molecule has 3 rings (SSSR count). The number of anilines is 1. The van der Waals surface area contributed by atoms with Crippen molar-refractivity contribution in [3.05, 3.63) is 59.9 Å². The first-order valence-electron chi connectivity index (χ1n) is 8.30. The van der Waals surface area contributed by atoms with Gasteiger partial charge in [0.05, 0.1) is 33.2 Å². The summed E-state index contributed by atoms with van der Waals surface area (Å²) >= 11 is 0. The molecular formula is C20H21N3O4. The summed E-state index contributed by atoms with van der Waals surface area (Å²) in [4.78, 5) is 12.8. The lowest BCUT2D eigenvalue weighted by atomic mass is 10.1. The van der Waals surface area contributed by atoms with E-state index in [2.05, 4.69) is 10.4 Å². The van der Waals surface area contributed by atoms with E-state index in [1.54, 1.807) is 37.2 Å². The highest BCUT2D eigenvalue weighted by Gasteiger charge is 2.20. The largest absolute Gasteiger partial charge is 0.493 e. The second-order valence-electron chi connectivity index (χ2n) is 5.80. The van der Waals surface area contributed by atoms with E-state index in [-0.39, 0.29) is 11.6 Å². The molecular weight excluding hydrogens is 346 g/mol. The van der Waals surface area contributed by atoms with Crippen LogP contribution in [0.5, 0.6) is 17.2 Å². The van der Waals surface area contributed by atoms with Gasteiger partial charge in [-0.25, -0.2) is 4.68 Å². The van der Waals surface area contributed by atoms with Crippen molar-refractivity contribution in [3.63, 3.8) is 0 Å². The number of hydrogen-bond acceptors (Lipinski definition) is 5. The highest BCUT2D eigenvalue weighted by atomic mass is 16.5. The van der Waals surface area contributed by atoms with Gasteiger partial charge < -0.3 is 19.5 Å². The summed E-state index contributed by atoms with van der Waals surface area (Å²) in [7, 11) is 4.62. The number of hydrogen-bond donors (Lipinski definition) is 1. The molecule has 1 aromatic heterocycles. The number of amides is 1. The first-order valence-corrected chi connectivity index (χ1v) is 8.30. The molecule has 3 aromatic rings. The van der Waals surface area contributed by atoms with Gasteiger partial charge in [-0.2, -0.15) is 5.10 Å². The third-order valence-electron chi connectivity index (χ3n) is 4.12. The molecule has 7 heteroatoms. The van der Waals surface area contributed by atoms with E-state index in [0.29, 0.717) is 22.9 Å². The average molecular weight is 367 g/mol. The number of carbonyl (C=O) groups excluding carboxylic acids is 1. The van der Waals surface area contributed by atoms with Gasteiger partial charge in [-0.15, -0.1) is 0 Å². The third-order valence-corrected chi connectivity index (χ3v) is 4.12. The maximum atomic E-state index is 12.8. The number of ether oxygens (including phenoxy) is 3. The van der Waals surface area contributed by atoms with Gasteiger partial charge in [-0.1, -0.05) is 18.2 Å². The number of benzene rings is 2. The van der Waals surface area contributed by atoms with Crippen LogP contribution >= 0.6 is 0 Å². The predicted molar refractivity (Wildman–Crippen MR) is 102 cm³/mol. The lowest BCUT2D eigenvalue weighted by molar-refractivity contribution is 0.101. The molecule has 0 aliphatic rings. The Morgan fingerprint density at radius 1 is 0.963 bits per heavy atom. The Labute approximate surface area is 157 Å². The lowest BCUT2D eigenvalue weighted by Crippen LogP contribution is -2.15. The molecule has 0 fully saturated rings. The van der Waals surface area contributed by atoms with Gasteiger partial charge in [0.25, 0.3) is 5.91 Å². The summed E-state index contributed by atoms with van der Waals surface area (Å²) < 4.78 is 17.5. The van der Waals surface area contributed by atoms with Crippen LogP contribution in [0.4, 0.5) is 5.69 Å². The second kappa shape index (κ2) is 7.82. The van der Waals surface area contributed by atoms with Gasteiger partial charge >= 0.3 is 0 Å². The van der Waals surface area contributed by atoms with Crippen LogP contribution in [0.1, 0.15) is 16.1 Å². The fourth-order valence-corrected chi connectivity index (χ4v) is 2.67. The quantitative estimate of drug-likeness (QED) is 0.722. The van der Waals surface area contributed by atoms with Crippen molar-refractivity contribution in [1.29, 1.82) is 0 Å². The number of para-hydroxylation sites is 1. The summed E-state index contributed by atoms with van der Waals surface area (Å²) in [5, 5.41) is 7.24. The normalized spacial score (nSPS) is 10.4. The topological polar surface area (TPSA) is 74.6 Å². The molecule has 1 N–H and O–H groups in total. The van der Waals surface area contributed by atoms with Gasteiger partial charge in [0, 0.05) is 11.8 Å². The summed E-state index contributed by atoms with van der Waals surface area (Å²) in [6, 6.07) is 13.0. The molecule has 0 atom stereocenters. The number of aryl methyl sites for hydroxylation is 1. The van der Waals surface area contributed by atoms with Gasteiger partial charge in [-0.05, 0) is 30.7 Å². The number of nitrogens with one attached hydrogen (secondary N) is 1. The summed E-state index contributed by atoms with van der Waals surface area (Å²) in [5.74, 6) is 1.13. The van der Waals surface area contributed by atoms with Crippen LogP contribution in [0.15, 0.2) is 48.7 Å². The van der Waals surface area contributed by atoms with E-state index >= 15 is 0 Å². The van der Waals surface area contributed by atoms with Crippen molar-refractivity contribution < 1.29 is 19.0 Å². The third kappa shape index (κ3) is 3.72. The standard InChI is InChI=1S/C20H21N3O4/c1-13-10-16(25-2)17(26-3)11-15(13)21-20(24)19-18(27-4)12-23(22-19)14-8-6-5-7-9-14/h5-12H,1-4H3,(H,21,24). The van der Waals surface area contributed by atoms with Crippen LogP contribution in [0.2, 0.25) is 0 Å². The maximum absolute atomic E-state index is 12.8. The lowest BCUT2D eigenvalue weighted by Gasteiger charge is -2.13. The van der Waals surface area contributed by atoms with Crippen molar-refractivity contribution in [1.82, 2.24) is 9.78 Å². The Balaban J connectivity index is 1.92. The smallest absolute Gasteiger partial charge is 0.280 e. The van der Waals surface area contributed by atoms with Crippen molar-refractivity contribution in [2.24, 2.45) is 0 Å². The Kier molecular flexibility index (Phi) is 5.30. The Hall–Kier alpha value is -3.48. The molecule has 2 aromatic carbocycles. The minimum atomic E-state index is -0.378. The fraction of sp³-hybridized carbons (Fsp3) is 0.200. The van der Waals surface area contributed by atoms with Crippen LogP contribution in [0, 0.1) is 6.92 Å². The molecule has 7 nitrogen and oxygen atoms in total. The summed E-state index contributed by atoms with van der Waals surface area (Å²) in [5.41, 5.74) is 2.46. The van der Waals surface area contributed by atoms with Gasteiger partial charge in [0.2, 0.25) is 0 Å². The monoisotopic (exact) mass is 367 g/mol. The SMILES string of the molecule is COc1cc(C)c(NC(=O)c2nn(-c3ccccc3)cc2OC)cc1OC. The van der Waals surface area contributed by atoms with Crippen molar-refractivity contribution >= 4 is 11.6 Å². The van der Waals surface area contributed by atoms with Crippen LogP contribution in [-0.4, -0.2) is 37.0 Å². The van der Waals surface area contributed by atoms with Crippen molar-refractivity contribution in [3.8, 4) is 22.9 Å². The van der Waals surface area contributed by atoms with E-state index in [4.69, 9.17) is 14.2 Å². The van der Waals surface area contributed by atoms with Gasteiger partial charge in [0.15, 0.2) is 22.9 Å². The Morgan fingerprint density at radius 3 is 2.22 bits per heavy atom. The highest BCUT2D eigenvalue weighted by molar-refractivity contribution is 6.05. The van der Waals surface area contributed by atoms with Gasteiger partial charge in [0.1, 0.15) is 0 Å². The number of rotatable bonds is 6. The van der Waals surface area contributed by atoms with E-state index < -0.39 is 0 Å². The molecule has 0 saturated heterocycles. The van der Waals surface area contributed by atoms with Crippen molar-refractivity contribution in [2.75, 3.05) is 26.6 Å². The summed E-state index contributed by atoms with van der Waals surface area (Å²) in [6.07, 6.45) is 1.67. The second-order valence-corrected chi connectivity index (χ2v) is 5.80. The van der Waals surface area contributed by atoms with E-state index in [1.165, 1.54) is 7.11 Å². The molecule has 1 amide bonds. The van der Waals surface area contributed by atoms with Crippen LogP contribution in [0.3, 0.4) is 0 Å².